The van der Waals surface area contributed by atoms with E-state index in [0.29, 0.717) is 13.0 Å². The van der Waals surface area contributed by atoms with E-state index < -0.39 is 15.4 Å². The maximum Gasteiger partial charge on any atom is 0.275 e. The van der Waals surface area contributed by atoms with E-state index in [1.165, 1.54) is 4.90 Å². The Morgan fingerprint density at radius 1 is 1.32 bits per heavy atom. The van der Waals surface area contributed by atoms with E-state index in [1.807, 2.05) is 31.2 Å². The van der Waals surface area contributed by atoms with Gasteiger partial charge >= 0.3 is 0 Å². The molecule has 0 bridgehead atoms. The lowest BCUT2D eigenvalue weighted by Gasteiger charge is -2.34. The lowest BCUT2D eigenvalue weighted by Crippen LogP contribution is -3.16. The fourth-order valence-electron chi connectivity index (χ4n) is 3.67. The molecule has 1 aromatic rings. The van der Waals surface area contributed by atoms with Crippen molar-refractivity contribution in [1.82, 2.24) is 5.32 Å². The van der Waals surface area contributed by atoms with E-state index in [0.717, 1.165) is 36.9 Å². The second-order valence-electron chi connectivity index (χ2n) is 7.32. The van der Waals surface area contributed by atoms with E-state index in [-0.39, 0.29) is 17.4 Å². The monoisotopic (exact) mass is 386 g/mol. The number of para-hydroxylation sites is 1. The lowest BCUT2D eigenvalue weighted by atomic mass is 10.0. The molecule has 0 aliphatic carbocycles. The molecule has 0 saturated carbocycles. The molecule has 6 nitrogen and oxygen atoms in total. The largest absolute Gasteiger partial charge is 0.359 e. The van der Waals surface area contributed by atoms with Crippen LogP contribution in [-0.4, -0.2) is 64.1 Å². The van der Waals surface area contributed by atoms with Crippen LogP contribution in [0.25, 0.3) is 0 Å². The number of carbonyl (C=O) groups excluding carboxylic acids is 1. The predicted octanol–water partition coefficient (Wildman–Crippen LogP) is -0.262. The number of amides is 1. The number of quaternary nitrogens is 1. The number of benzene rings is 1. The van der Waals surface area contributed by atoms with E-state index in [9.17, 15) is 13.2 Å². The first-order chi connectivity index (χ1) is 11.8. The minimum atomic E-state index is -3.02. The van der Waals surface area contributed by atoms with Crippen molar-refractivity contribution >= 4 is 33.0 Å². The van der Waals surface area contributed by atoms with Gasteiger partial charge in [0.25, 0.3) is 5.91 Å². The molecule has 0 unspecified atom stereocenters. The van der Waals surface area contributed by atoms with Crippen molar-refractivity contribution in [1.29, 1.82) is 0 Å². The maximum atomic E-state index is 12.3. The van der Waals surface area contributed by atoms with Crippen LogP contribution < -0.4 is 15.1 Å². The smallest absolute Gasteiger partial charge is 0.275 e. The Hall–Kier alpha value is -1.31. The molecular formula is C17H25ClN3O3S+. The van der Waals surface area contributed by atoms with Crippen molar-refractivity contribution in [3.8, 4) is 0 Å². The van der Waals surface area contributed by atoms with Crippen molar-refractivity contribution in [2.24, 2.45) is 0 Å². The van der Waals surface area contributed by atoms with Gasteiger partial charge in [-0.15, -0.1) is 0 Å². The van der Waals surface area contributed by atoms with Gasteiger partial charge < -0.3 is 15.1 Å². The highest BCUT2D eigenvalue weighted by molar-refractivity contribution is 7.91. The summed E-state index contributed by atoms with van der Waals surface area (Å²) in [6.45, 7) is 5.60. The molecule has 0 spiro atoms. The van der Waals surface area contributed by atoms with Gasteiger partial charge in [0.1, 0.15) is 0 Å². The fourth-order valence-corrected chi connectivity index (χ4v) is 6.01. The number of nitrogens with zero attached hydrogens (tertiary/aromatic N) is 1. The standard InChI is InChI=1S/C17H24ClN3O3S/c1-17(6-11-25(23,24)13-17)19-16(22)12-20-7-9-21(10-8-20)15-5-3-2-4-14(15)18/h2-5H,6-13H2,1H3,(H,19,22)/p+1/t17-/m1/s1. The molecule has 0 aromatic heterocycles. The van der Waals surface area contributed by atoms with Gasteiger partial charge in [0.2, 0.25) is 0 Å². The van der Waals surface area contributed by atoms with Crippen LogP contribution in [0, 0.1) is 0 Å². The molecule has 1 amide bonds. The van der Waals surface area contributed by atoms with Crippen LogP contribution in [0.5, 0.6) is 0 Å². The summed E-state index contributed by atoms with van der Waals surface area (Å²) >= 11 is 6.25. The number of carbonyl (C=O) groups is 1. The third-order valence-corrected chi connectivity index (χ3v) is 7.24. The third-order valence-electron chi connectivity index (χ3n) is 5.02. The number of piperazine rings is 1. The Morgan fingerprint density at radius 2 is 2.00 bits per heavy atom. The Labute approximate surface area is 154 Å². The zero-order valence-electron chi connectivity index (χ0n) is 14.4. The van der Waals surface area contributed by atoms with Crippen LogP contribution in [0.3, 0.4) is 0 Å². The number of sulfone groups is 1. The second-order valence-corrected chi connectivity index (χ2v) is 9.91. The summed E-state index contributed by atoms with van der Waals surface area (Å²) in [5.74, 6) is 0.134. The topological polar surface area (TPSA) is 70.9 Å². The van der Waals surface area contributed by atoms with Crippen LogP contribution in [0.15, 0.2) is 24.3 Å². The molecule has 25 heavy (non-hydrogen) atoms. The molecule has 2 aliphatic rings. The summed E-state index contributed by atoms with van der Waals surface area (Å²) in [6.07, 6.45) is 0.497. The second kappa shape index (κ2) is 7.13. The van der Waals surface area contributed by atoms with Crippen LogP contribution in [0.2, 0.25) is 5.02 Å². The van der Waals surface area contributed by atoms with Crippen molar-refractivity contribution in [2.45, 2.75) is 18.9 Å². The molecule has 1 aromatic carbocycles. The molecule has 3 rings (SSSR count). The van der Waals surface area contributed by atoms with E-state index in [1.54, 1.807) is 0 Å². The van der Waals surface area contributed by atoms with Crippen LogP contribution in [0.1, 0.15) is 13.3 Å². The zero-order chi connectivity index (χ0) is 18.1. The molecule has 8 heteroatoms. The van der Waals surface area contributed by atoms with Gasteiger partial charge in [0, 0.05) is 0 Å². The van der Waals surface area contributed by atoms with Crippen molar-refractivity contribution in [2.75, 3.05) is 49.1 Å². The Morgan fingerprint density at radius 3 is 2.60 bits per heavy atom. The van der Waals surface area contributed by atoms with Crippen LogP contribution in [0.4, 0.5) is 5.69 Å². The Bertz CT molecular complexity index is 747. The molecular weight excluding hydrogens is 362 g/mol. The van der Waals surface area contributed by atoms with Gasteiger partial charge in [0.05, 0.1) is 53.9 Å². The summed E-state index contributed by atoms with van der Waals surface area (Å²) in [6, 6.07) is 7.80. The van der Waals surface area contributed by atoms with Crippen molar-refractivity contribution in [3.05, 3.63) is 29.3 Å². The molecule has 2 saturated heterocycles. The fraction of sp³-hybridized carbons (Fsp3) is 0.588. The highest BCUT2D eigenvalue weighted by atomic mass is 35.5. The lowest BCUT2D eigenvalue weighted by molar-refractivity contribution is -0.892. The number of halogens is 1. The average molecular weight is 387 g/mol. The molecule has 2 heterocycles. The predicted molar refractivity (Wildman–Crippen MR) is 99.0 cm³/mol. The van der Waals surface area contributed by atoms with Gasteiger partial charge in [0.15, 0.2) is 16.4 Å². The van der Waals surface area contributed by atoms with Crippen LogP contribution in [-0.2, 0) is 14.6 Å². The SMILES string of the molecule is C[C@@]1(NC(=O)C[NH+]2CCN(c3ccccc3Cl)CC2)CCS(=O)(=O)C1. The maximum absolute atomic E-state index is 12.3. The average Bonchev–Trinajstić information content (AvgIpc) is 2.81. The van der Waals surface area contributed by atoms with Gasteiger partial charge in [-0.1, -0.05) is 23.7 Å². The van der Waals surface area contributed by atoms with Gasteiger partial charge in [-0.3, -0.25) is 4.79 Å². The highest BCUT2D eigenvalue weighted by Gasteiger charge is 2.40. The zero-order valence-corrected chi connectivity index (χ0v) is 16.0. The summed E-state index contributed by atoms with van der Waals surface area (Å²) in [5, 5.41) is 3.69. The first kappa shape index (κ1) is 18.5. The molecule has 2 N–H and O–H groups in total. The van der Waals surface area contributed by atoms with Gasteiger partial charge in [-0.2, -0.15) is 0 Å². The molecule has 2 fully saturated rings. The first-order valence-electron chi connectivity index (χ1n) is 8.61. The quantitative estimate of drug-likeness (QED) is 0.748. The molecule has 2 aliphatic heterocycles. The summed E-state index contributed by atoms with van der Waals surface area (Å²) in [4.78, 5) is 15.8. The summed E-state index contributed by atoms with van der Waals surface area (Å²) in [7, 11) is -3.02. The Kier molecular flexibility index (Phi) is 5.27. The number of hydrogen-bond donors (Lipinski definition) is 2. The molecule has 1 atom stereocenters. The summed E-state index contributed by atoms with van der Waals surface area (Å²) < 4.78 is 23.3. The van der Waals surface area contributed by atoms with E-state index >= 15 is 0 Å². The minimum Gasteiger partial charge on any atom is -0.359 e. The minimum absolute atomic E-state index is 0.0430. The van der Waals surface area contributed by atoms with Crippen LogP contribution >= 0.6 is 11.6 Å². The number of anilines is 1. The third kappa shape index (κ3) is 4.65. The van der Waals surface area contributed by atoms with Crippen molar-refractivity contribution in [3.63, 3.8) is 0 Å². The van der Waals surface area contributed by atoms with Crippen molar-refractivity contribution < 1.29 is 18.1 Å². The Balaban J connectivity index is 1.49. The first-order valence-corrected chi connectivity index (χ1v) is 10.8. The summed E-state index contributed by atoms with van der Waals surface area (Å²) in [5.41, 5.74) is 0.422. The van der Waals surface area contributed by atoms with Gasteiger partial charge in [-0.25, -0.2) is 8.42 Å². The number of rotatable bonds is 4. The number of nitrogens with one attached hydrogen (secondary N) is 2. The van der Waals surface area contributed by atoms with Gasteiger partial charge in [-0.05, 0) is 25.5 Å². The molecule has 138 valence electrons. The van der Waals surface area contributed by atoms with E-state index in [4.69, 9.17) is 11.6 Å². The molecule has 0 radical (unpaired) electrons. The normalized spacial score (nSPS) is 26.6. The number of hydrogen-bond acceptors (Lipinski definition) is 4. The highest BCUT2D eigenvalue weighted by Crippen LogP contribution is 2.25. The van der Waals surface area contributed by atoms with E-state index in [2.05, 4.69) is 10.2 Å².